The second-order valence-electron chi connectivity index (χ2n) is 5.43. The van der Waals surface area contributed by atoms with Crippen LogP contribution >= 0.6 is 0 Å². The van der Waals surface area contributed by atoms with E-state index < -0.39 is 23.2 Å². The van der Waals surface area contributed by atoms with Gasteiger partial charge in [0, 0.05) is 12.4 Å². The molecule has 0 radical (unpaired) electrons. The number of amides is 1. The molecule has 4 nitrogen and oxygen atoms in total. The van der Waals surface area contributed by atoms with E-state index in [1.807, 2.05) is 25.3 Å². The molecule has 3 rings (SSSR count). The highest BCUT2D eigenvalue weighted by atomic mass is 19.4. The first kappa shape index (κ1) is 16.0. The summed E-state index contributed by atoms with van der Waals surface area (Å²) in [6.45, 7) is 1.98. The van der Waals surface area contributed by atoms with Gasteiger partial charge in [0.05, 0.1) is 23.4 Å². The van der Waals surface area contributed by atoms with Crippen molar-refractivity contribution < 1.29 is 18.0 Å². The number of nitrogens with zero attached hydrogens (tertiary/aromatic N) is 2. The standard InChI is InChI=1S/C17H14F3N3O/c1-11-6-7-23-10-12(22-15(23)8-11)9-21-16(24)13-4-2-3-5-14(13)17(18,19)20/h2-8,10H,9H2,1H3,(H,21,24). The zero-order chi connectivity index (χ0) is 17.3. The summed E-state index contributed by atoms with van der Waals surface area (Å²) in [6, 6.07) is 8.50. The molecular formula is C17H14F3N3O. The fraction of sp³-hybridized carbons (Fsp3) is 0.176. The number of rotatable bonds is 3. The lowest BCUT2D eigenvalue weighted by molar-refractivity contribution is -0.137. The Morgan fingerprint density at radius 1 is 1.25 bits per heavy atom. The highest BCUT2D eigenvalue weighted by molar-refractivity contribution is 5.95. The molecule has 1 aromatic carbocycles. The molecular weight excluding hydrogens is 319 g/mol. The number of alkyl halides is 3. The Balaban J connectivity index is 1.78. The van der Waals surface area contributed by atoms with Gasteiger partial charge in [-0.15, -0.1) is 0 Å². The maximum atomic E-state index is 13.0. The molecule has 124 valence electrons. The highest BCUT2D eigenvalue weighted by Gasteiger charge is 2.34. The Hall–Kier alpha value is -2.83. The molecule has 0 atom stereocenters. The smallest absolute Gasteiger partial charge is 0.346 e. The number of fused-ring (bicyclic) bond motifs is 1. The van der Waals surface area contributed by atoms with Crippen molar-refractivity contribution in [3.05, 3.63) is 71.2 Å². The van der Waals surface area contributed by atoms with E-state index in [4.69, 9.17) is 0 Å². The summed E-state index contributed by atoms with van der Waals surface area (Å²) in [6.07, 6.45) is -1.01. The number of hydrogen-bond donors (Lipinski definition) is 1. The second kappa shape index (κ2) is 5.99. The number of nitrogens with one attached hydrogen (secondary N) is 1. The van der Waals surface area contributed by atoms with Crippen LogP contribution in [-0.4, -0.2) is 15.3 Å². The Morgan fingerprint density at radius 3 is 2.75 bits per heavy atom. The van der Waals surface area contributed by atoms with E-state index >= 15 is 0 Å². The van der Waals surface area contributed by atoms with Gasteiger partial charge in [0.2, 0.25) is 0 Å². The van der Waals surface area contributed by atoms with E-state index in [9.17, 15) is 18.0 Å². The van der Waals surface area contributed by atoms with Crippen LogP contribution in [0.15, 0.2) is 48.8 Å². The van der Waals surface area contributed by atoms with Gasteiger partial charge >= 0.3 is 6.18 Å². The van der Waals surface area contributed by atoms with Gasteiger partial charge in [-0.1, -0.05) is 12.1 Å². The lowest BCUT2D eigenvalue weighted by Crippen LogP contribution is -2.26. The number of pyridine rings is 1. The van der Waals surface area contributed by atoms with Gasteiger partial charge in [0.25, 0.3) is 5.91 Å². The lowest BCUT2D eigenvalue weighted by atomic mass is 10.1. The van der Waals surface area contributed by atoms with E-state index in [0.29, 0.717) is 5.69 Å². The van der Waals surface area contributed by atoms with Crippen LogP contribution in [0.5, 0.6) is 0 Å². The molecule has 1 N–H and O–H groups in total. The molecule has 1 amide bonds. The first-order valence-corrected chi connectivity index (χ1v) is 7.23. The summed E-state index contributed by atoms with van der Waals surface area (Å²) >= 11 is 0. The van der Waals surface area contributed by atoms with Crippen molar-refractivity contribution in [2.75, 3.05) is 0 Å². The number of carbonyl (C=O) groups is 1. The fourth-order valence-corrected chi connectivity index (χ4v) is 2.42. The number of aryl methyl sites for hydroxylation is 1. The van der Waals surface area contributed by atoms with Crippen LogP contribution < -0.4 is 5.32 Å². The summed E-state index contributed by atoms with van der Waals surface area (Å²) < 4.78 is 40.7. The minimum Gasteiger partial charge on any atom is -0.346 e. The molecule has 0 bridgehead atoms. The van der Waals surface area contributed by atoms with Crippen molar-refractivity contribution in [2.24, 2.45) is 0 Å². The van der Waals surface area contributed by atoms with Gasteiger partial charge < -0.3 is 9.72 Å². The van der Waals surface area contributed by atoms with E-state index in [1.165, 1.54) is 12.1 Å². The van der Waals surface area contributed by atoms with Crippen LogP contribution in [0.4, 0.5) is 13.2 Å². The summed E-state index contributed by atoms with van der Waals surface area (Å²) in [5.41, 5.74) is 0.980. The number of halogens is 3. The average molecular weight is 333 g/mol. The molecule has 2 aromatic heterocycles. The van der Waals surface area contributed by atoms with E-state index in [2.05, 4.69) is 10.3 Å². The van der Waals surface area contributed by atoms with Crippen LogP contribution in [0.2, 0.25) is 0 Å². The van der Waals surface area contributed by atoms with Gasteiger partial charge in [0.1, 0.15) is 5.65 Å². The number of aromatic nitrogens is 2. The van der Waals surface area contributed by atoms with Crippen molar-refractivity contribution in [2.45, 2.75) is 19.6 Å². The van der Waals surface area contributed by atoms with Crippen LogP contribution in [0.3, 0.4) is 0 Å². The first-order valence-electron chi connectivity index (χ1n) is 7.23. The van der Waals surface area contributed by atoms with Crippen molar-refractivity contribution in [3.8, 4) is 0 Å². The predicted octanol–water partition coefficient (Wildman–Crippen LogP) is 3.59. The molecule has 0 saturated carbocycles. The molecule has 0 saturated heterocycles. The third kappa shape index (κ3) is 3.24. The van der Waals surface area contributed by atoms with Gasteiger partial charge in [-0.3, -0.25) is 4.79 Å². The minimum atomic E-state index is -4.57. The molecule has 2 heterocycles. The normalized spacial score (nSPS) is 11.7. The molecule has 0 aliphatic rings. The highest BCUT2D eigenvalue weighted by Crippen LogP contribution is 2.31. The number of imidazole rings is 1. The van der Waals surface area contributed by atoms with Crippen LogP contribution in [0.1, 0.15) is 27.2 Å². The van der Waals surface area contributed by atoms with E-state index in [0.717, 1.165) is 23.3 Å². The van der Waals surface area contributed by atoms with Crippen molar-refractivity contribution in [1.29, 1.82) is 0 Å². The fourth-order valence-electron chi connectivity index (χ4n) is 2.42. The Bertz CT molecular complexity index is 899. The summed E-state index contributed by atoms with van der Waals surface area (Å²) in [5, 5.41) is 2.49. The molecule has 0 unspecified atom stereocenters. The van der Waals surface area contributed by atoms with Crippen molar-refractivity contribution in [3.63, 3.8) is 0 Å². The largest absolute Gasteiger partial charge is 0.417 e. The quantitative estimate of drug-likeness (QED) is 0.796. The summed E-state index contributed by atoms with van der Waals surface area (Å²) in [7, 11) is 0. The SMILES string of the molecule is Cc1ccn2cc(CNC(=O)c3ccccc3C(F)(F)F)nc2c1. The third-order valence-corrected chi connectivity index (χ3v) is 3.57. The first-order chi connectivity index (χ1) is 11.3. The molecule has 7 heteroatoms. The number of benzene rings is 1. The van der Waals surface area contributed by atoms with Gasteiger partial charge in [-0.25, -0.2) is 4.98 Å². The van der Waals surface area contributed by atoms with Crippen LogP contribution in [0.25, 0.3) is 5.65 Å². The zero-order valence-corrected chi connectivity index (χ0v) is 12.8. The molecule has 3 aromatic rings. The monoisotopic (exact) mass is 333 g/mol. The molecule has 0 aliphatic heterocycles. The van der Waals surface area contributed by atoms with Crippen molar-refractivity contribution >= 4 is 11.6 Å². The number of carbonyl (C=O) groups excluding carboxylic acids is 1. The predicted molar refractivity (Wildman–Crippen MR) is 82.5 cm³/mol. The topological polar surface area (TPSA) is 46.4 Å². The van der Waals surface area contributed by atoms with E-state index in [-0.39, 0.29) is 6.54 Å². The van der Waals surface area contributed by atoms with Crippen LogP contribution in [-0.2, 0) is 12.7 Å². The summed E-state index contributed by atoms with van der Waals surface area (Å²) in [4.78, 5) is 16.4. The number of hydrogen-bond acceptors (Lipinski definition) is 2. The van der Waals surface area contributed by atoms with Gasteiger partial charge in [-0.05, 0) is 36.8 Å². The van der Waals surface area contributed by atoms with Crippen LogP contribution in [0, 0.1) is 6.92 Å². The molecule has 0 aliphatic carbocycles. The Labute approximate surface area is 135 Å². The maximum Gasteiger partial charge on any atom is 0.417 e. The Kier molecular flexibility index (Phi) is 4.01. The minimum absolute atomic E-state index is 0.0474. The Morgan fingerprint density at radius 2 is 2.00 bits per heavy atom. The molecule has 0 spiro atoms. The molecule has 0 fully saturated rings. The average Bonchev–Trinajstić information content (AvgIpc) is 2.93. The van der Waals surface area contributed by atoms with Crippen molar-refractivity contribution in [1.82, 2.24) is 14.7 Å². The summed E-state index contributed by atoms with van der Waals surface area (Å²) in [5.74, 6) is -0.781. The maximum absolute atomic E-state index is 13.0. The lowest BCUT2D eigenvalue weighted by Gasteiger charge is -2.12. The molecule has 24 heavy (non-hydrogen) atoms. The zero-order valence-electron chi connectivity index (χ0n) is 12.8. The van der Waals surface area contributed by atoms with Gasteiger partial charge in [0.15, 0.2) is 0 Å². The van der Waals surface area contributed by atoms with Gasteiger partial charge in [-0.2, -0.15) is 13.2 Å². The second-order valence-corrected chi connectivity index (χ2v) is 5.43. The van der Waals surface area contributed by atoms with E-state index in [1.54, 1.807) is 10.6 Å². The third-order valence-electron chi connectivity index (χ3n) is 3.57.